The molecule has 0 saturated carbocycles. The maximum atomic E-state index is 12.4. The van der Waals surface area contributed by atoms with Crippen LogP contribution in [0.4, 0.5) is 4.79 Å². The minimum Gasteiger partial charge on any atom is -0.449 e. The van der Waals surface area contributed by atoms with E-state index >= 15 is 0 Å². The van der Waals surface area contributed by atoms with E-state index < -0.39 is 18.2 Å². The van der Waals surface area contributed by atoms with Gasteiger partial charge in [-0.15, -0.1) is 11.8 Å². The Morgan fingerprint density at radius 3 is 2.72 bits per heavy atom. The summed E-state index contributed by atoms with van der Waals surface area (Å²) in [6.07, 6.45) is -1.80. The summed E-state index contributed by atoms with van der Waals surface area (Å²) < 4.78 is 4.96. The van der Waals surface area contributed by atoms with Crippen LogP contribution in [0.1, 0.15) is 20.3 Å². The molecular formula is C18H27N3O7S. The van der Waals surface area contributed by atoms with Crippen molar-refractivity contribution in [2.24, 2.45) is 11.8 Å². The smallest absolute Gasteiger partial charge is 0.449 e. The van der Waals surface area contributed by atoms with Crippen molar-refractivity contribution in [1.82, 2.24) is 15.1 Å². The van der Waals surface area contributed by atoms with Crippen LogP contribution >= 0.6 is 11.8 Å². The Labute approximate surface area is 172 Å². The Balaban J connectivity index is 1.74. The molecule has 10 nitrogen and oxygen atoms in total. The summed E-state index contributed by atoms with van der Waals surface area (Å²) in [5.74, 6) is -1.19. The second-order valence-corrected chi connectivity index (χ2v) is 9.05. The monoisotopic (exact) mass is 429 g/mol. The molecule has 0 aromatic rings. The van der Waals surface area contributed by atoms with Crippen molar-refractivity contribution in [3.63, 3.8) is 0 Å². The highest BCUT2D eigenvalue weighted by Gasteiger charge is 2.60. The van der Waals surface area contributed by atoms with E-state index in [1.165, 1.54) is 21.6 Å². The van der Waals surface area contributed by atoms with Gasteiger partial charge >= 0.3 is 6.16 Å². The van der Waals surface area contributed by atoms with Gasteiger partial charge in [-0.1, -0.05) is 6.92 Å². The summed E-state index contributed by atoms with van der Waals surface area (Å²) in [5.41, 5.74) is 0. The zero-order valence-corrected chi connectivity index (χ0v) is 17.4. The molecule has 3 aliphatic heterocycles. The van der Waals surface area contributed by atoms with E-state index in [9.17, 15) is 19.5 Å². The van der Waals surface area contributed by atoms with Gasteiger partial charge in [0.15, 0.2) is 0 Å². The molecule has 2 amide bonds. The molecule has 2 fully saturated rings. The molecule has 11 heteroatoms. The molecule has 0 radical (unpaired) electrons. The Bertz CT molecular complexity index is 728. The summed E-state index contributed by atoms with van der Waals surface area (Å²) in [4.78, 5) is 39.5. The standard InChI is InChI=1S/C18H27N3O7S/c1-8-13-12(9(2)23)16(25)21(13)17(28-18(26)27)14(8)29-10-6-11(19-7-10)15(24)20(3)4-5-22/h8-13,19,22-23H,4-7H2,1-3H3,(H,26,27)/t8?,9?,10?,11?,12?,13-/m1/s1. The largest absolute Gasteiger partial charge is 0.512 e. The number of carboxylic acid groups (broad SMARTS) is 1. The summed E-state index contributed by atoms with van der Waals surface area (Å²) >= 11 is 1.42. The van der Waals surface area contributed by atoms with Crippen LogP contribution in [0.5, 0.6) is 0 Å². The van der Waals surface area contributed by atoms with E-state index in [1.807, 2.05) is 6.92 Å². The van der Waals surface area contributed by atoms with Gasteiger partial charge in [-0.3, -0.25) is 14.5 Å². The number of likely N-dealkylation sites (N-methyl/N-ethyl adjacent to an activating group) is 1. The van der Waals surface area contributed by atoms with Crippen molar-refractivity contribution in [2.75, 3.05) is 26.7 Å². The third-order valence-electron chi connectivity index (χ3n) is 5.74. The molecule has 4 N–H and O–H groups in total. The Hall–Kier alpha value is -1.82. The average molecular weight is 429 g/mol. The molecular weight excluding hydrogens is 402 g/mol. The molecule has 0 aliphatic carbocycles. The van der Waals surface area contributed by atoms with Gasteiger partial charge in [-0.25, -0.2) is 4.79 Å². The lowest BCUT2D eigenvalue weighted by Gasteiger charge is -2.45. The van der Waals surface area contributed by atoms with Crippen LogP contribution in [-0.4, -0.2) is 93.3 Å². The zero-order chi connectivity index (χ0) is 21.5. The quantitative estimate of drug-likeness (QED) is 0.315. The number of aliphatic hydroxyl groups is 2. The summed E-state index contributed by atoms with van der Waals surface area (Å²) in [6.45, 7) is 4.13. The van der Waals surface area contributed by atoms with Crippen LogP contribution in [0, 0.1) is 11.8 Å². The van der Waals surface area contributed by atoms with Crippen molar-refractivity contribution in [3.05, 3.63) is 10.8 Å². The van der Waals surface area contributed by atoms with Gasteiger partial charge in [0.25, 0.3) is 0 Å². The lowest BCUT2D eigenvalue weighted by molar-refractivity contribution is -0.163. The number of carbonyl (C=O) groups excluding carboxylic acids is 2. The number of fused-ring (bicyclic) bond motifs is 1. The highest BCUT2D eigenvalue weighted by molar-refractivity contribution is 8.03. The SMILES string of the molecule is CC(O)C1C(=O)N2C(OC(=O)O)=C(SC3CNC(C(=O)N(C)CCO)C3)C(C)[C@H]12. The number of aliphatic hydroxyl groups excluding tert-OH is 2. The van der Waals surface area contributed by atoms with Crippen molar-refractivity contribution >= 4 is 29.7 Å². The molecule has 29 heavy (non-hydrogen) atoms. The Morgan fingerprint density at radius 1 is 1.45 bits per heavy atom. The molecule has 3 aliphatic rings. The van der Waals surface area contributed by atoms with E-state index in [1.54, 1.807) is 14.0 Å². The van der Waals surface area contributed by atoms with Crippen LogP contribution in [0.2, 0.25) is 0 Å². The van der Waals surface area contributed by atoms with E-state index in [-0.39, 0.29) is 54.1 Å². The van der Waals surface area contributed by atoms with Crippen LogP contribution in [0.3, 0.4) is 0 Å². The number of carbonyl (C=O) groups is 3. The molecule has 0 bridgehead atoms. The number of rotatable bonds is 7. The highest BCUT2D eigenvalue weighted by atomic mass is 32.2. The maximum Gasteiger partial charge on any atom is 0.512 e. The van der Waals surface area contributed by atoms with Crippen molar-refractivity contribution in [3.8, 4) is 0 Å². The zero-order valence-electron chi connectivity index (χ0n) is 16.6. The average Bonchev–Trinajstić information content (AvgIpc) is 3.17. The molecule has 3 rings (SSSR count). The first-order valence-corrected chi connectivity index (χ1v) is 10.5. The third kappa shape index (κ3) is 3.96. The summed E-state index contributed by atoms with van der Waals surface area (Å²) in [7, 11) is 1.63. The number of thioether (sulfide) groups is 1. The fraction of sp³-hybridized carbons (Fsp3) is 0.722. The maximum absolute atomic E-state index is 12.4. The van der Waals surface area contributed by atoms with E-state index in [4.69, 9.17) is 14.9 Å². The summed E-state index contributed by atoms with van der Waals surface area (Å²) in [6, 6.07) is -0.712. The number of nitrogens with one attached hydrogen (secondary N) is 1. The number of ether oxygens (including phenoxy) is 1. The van der Waals surface area contributed by atoms with Crippen LogP contribution in [-0.2, 0) is 14.3 Å². The highest BCUT2D eigenvalue weighted by Crippen LogP contribution is 2.52. The number of amides is 2. The molecule has 0 aromatic carbocycles. The van der Waals surface area contributed by atoms with Crippen molar-refractivity contribution in [1.29, 1.82) is 0 Å². The van der Waals surface area contributed by atoms with Crippen LogP contribution in [0.15, 0.2) is 10.8 Å². The van der Waals surface area contributed by atoms with Gasteiger partial charge in [0, 0.05) is 31.3 Å². The lowest BCUT2D eigenvalue weighted by atomic mass is 9.79. The fourth-order valence-corrected chi connectivity index (χ4v) is 5.71. The van der Waals surface area contributed by atoms with Gasteiger partial charge < -0.3 is 30.3 Å². The first kappa shape index (κ1) is 21.9. The van der Waals surface area contributed by atoms with Gasteiger partial charge in [0.05, 0.1) is 35.6 Å². The summed E-state index contributed by atoms with van der Waals surface area (Å²) in [5, 5.41) is 31.2. The number of nitrogens with zero attached hydrogens (tertiary/aromatic N) is 2. The molecule has 0 aromatic heterocycles. The minimum absolute atomic E-state index is 0.00452. The fourth-order valence-electron chi connectivity index (χ4n) is 4.29. The molecule has 2 saturated heterocycles. The van der Waals surface area contributed by atoms with Gasteiger partial charge in [0.1, 0.15) is 0 Å². The second-order valence-electron chi connectivity index (χ2n) is 7.71. The van der Waals surface area contributed by atoms with E-state index in [2.05, 4.69) is 5.32 Å². The predicted octanol–water partition coefficient (Wildman–Crippen LogP) is -0.378. The van der Waals surface area contributed by atoms with Crippen molar-refractivity contribution < 1.29 is 34.4 Å². The normalized spacial score (nSPS) is 32.1. The Kier molecular flexibility index (Phi) is 6.42. The Morgan fingerprint density at radius 2 is 2.14 bits per heavy atom. The van der Waals surface area contributed by atoms with Gasteiger partial charge in [0.2, 0.25) is 17.7 Å². The molecule has 5 unspecified atom stereocenters. The topological polar surface area (TPSA) is 140 Å². The number of β-lactam (4-membered cyclic amide) rings is 1. The number of hydrogen-bond donors (Lipinski definition) is 4. The lowest BCUT2D eigenvalue weighted by Crippen LogP contribution is -2.63. The van der Waals surface area contributed by atoms with Gasteiger partial charge in [-0.05, 0) is 13.3 Å². The first-order chi connectivity index (χ1) is 13.7. The third-order valence-corrected chi connectivity index (χ3v) is 7.23. The van der Waals surface area contributed by atoms with Crippen LogP contribution in [0.25, 0.3) is 0 Å². The second kappa shape index (κ2) is 8.50. The van der Waals surface area contributed by atoms with Gasteiger partial charge in [-0.2, -0.15) is 0 Å². The molecule has 3 heterocycles. The van der Waals surface area contributed by atoms with E-state index in [0.717, 1.165) is 0 Å². The predicted molar refractivity (Wildman–Crippen MR) is 104 cm³/mol. The first-order valence-electron chi connectivity index (χ1n) is 9.59. The van der Waals surface area contributed by atoms with Crippen molar-refractivity contribution in [2.45, 2.75) is 43.7 Å². The molecule has 0 spiro atoms. The van der Waals surface area contributed by atoms with E-state index in [0.29, 0.717) is 17.9 Å². The van der Waals surface area contributed by atoms with Crippen LogP contribution < -0.4 is 5.32 Å². The number of hydrogen-bond acceptors (Lipinski definition) is 8. The minimum atomic E-state index is -1.50. The molecule has 6 atom stereocenters. The molecule has 162 valence electrons.